The van der Waals surface area contributed by atoms with E-state index >= 15 is 0 Å². The first-order valence-corrected chi connectivity index (χ1v) is 11.4. The molecule has 4 rings (SSSR count). The molecule has 1 heterocycles. The molecule has 0 radical (unpaired) electrons. The standard InChI is InChI=1S/C27H27N5O3/c1-4-32-23-12-8-6-10-20(23)21-16-19(13-14-24(21)32)28-25(33)15-18(3)30-31-27(35)26(34)29-22-11-7-5-9-17(22)2/h5-14,16H,4,15H2,1-3H3,(H,28,33)(H,29,34)(H,31,35)/b30-18+. The molecule has 3 N–H and O–H groups in total. The van der Waals surface area contributed by atoms with Gasteiger partial charge < -0.3 is 15.2 Å². The fourth-order valence-electron chi connectivity index (χ4n) is 4.04. The second kappa shape index (κ2) is 10.2. The van der Waals surface area contributed by atoms with Gasteiger partial charge in [0.2, 0.25) is 5.91 Å². The molecular weight excluding hydrogens is 442 g/mol. The van der Waals surface area contributed by atoms with E-state index in [1.54, 1.807) is 19.1 Å². The highest BCUT2D eigenvalue weighted by molar-refractivity contribution is 6.39. The molecule has 0 bridgehead atoms. The van der Waals surface area contributed by atoms with Crippen molar-refractivity contribution in [3.8, 4) is 0 Å². The third-order valence-corrected chi connectivity index (χ3v) is 5.74. The summed E-state index contributed by atoms with van der Waals surface area (Å²) in [6.07, 6.45) is -0.0333. The number of hydrazone groups is 1. The van der Waals surface area contributed by atoms with Gasteiger partial charge in [0.15, 0.2) is 0 Å². The summed E-state index contributed by atoms with van der Waals surface area (Å²) in [6, 6.07) is 21.2. The number of benzene rings is 3. The third-order valence-electron chi connectivity index (χ3n) is 5.74. The topological polar surface area (TPSA) is 105 Å². The van der Waals surface area contributed by atoms with Gasteiger partial charge >= 0.3 is 11.8 Å². The maximum absolute atomic E-state index is 12.6. The maximum atomic E-state index is 12.6. The number of para-hydroxylation sites is 2. The van der Waals surface area contributed by atoms with Crippen LogP contribution in [0.3, 0.4) is 0 Å². The monoisotopic (exact) mass is 469 g/mol. The quantitative estimate of drug-likeness (QED) is 0.219. The first-order chi connectivity index (χ1) is 16.9. The number of nitrogens with zero attached hydrogens (tertiary/aromatic N) is 2. The van der Waals surface area contributed by atoms with Gasteiger partial charge in [-0.25, -0.2) is 5.43 Å². The van der Waals surface area contributed by atoms with E-state index in [4.69, 9.17) is 0 Å². The van der Waals surface area contributed by atoms with Crippen molar-refractivity contribution in [2.24, 2.45) is 5.10 Å². The Morgan fingerprint density at radius 2 is 1.57 bits per heavy atom. The summed E-state index contributed by atoms with van der Waals surface area (Å²) in [4.78, 5) is 36.7. The van der Waals surface area contributed by atoms with Crippen LogP contribution in [-0.2, 0) is 20.9 Å². The molecule has 0 saturated heterocycles. The van der Waals surface area contributed by atoms with Gasteiger partial charge in [-0.3, -0.25) is 14.4 Å². The molecule has 8 nitrogen and oxygen atoms in total. The molecule has 0 spiro atoms. The van der Waals surface area contributed by atoms with Crippen LogP contribution in [0.1, 0.15) is 25.8 Å². The number of carbonyl (C=O) groups is 3. The molecule has 35 heavy (non-hydrogen) atoms. The van der Waals surface area contributed by atoms with Crippen LogP contribution in [0.25, 0.3) is 21.8 Å². The smallest absolute Gasteiger partial charge is 0.329 e. The Morgan fingerprint density at radius 1 is 0.857 bits per heavy atom. The van der Waals surface area contributed by atoms with E-state index in [9.17, 15) is 14.4 Å². The van der Waals surface area contributed by atoms with Crippen LogP contribution < -0.4 is 16.1 Å². The summed E-state index contributed by atoms with van der Waals surface area (Å²) in [5, 5.41) is 11.5. The Kier molecular flexibility index (Phi) is 6.91. The van der Waals surface area contributed by atoms with Crippen LogP contribution in [0.4, 0.5) is 11.4 Å². The van der Waals surface area contributed by atoms with Crippen molar-refractivity contribution < 1.29 is 14.4 Å². The Balaban J connectivity index is 1.38. The summed E-state index contributed by atoms with van der Waals surface area (Å²) in [6.45, 7) is 6.39. The summed E-state index contributed by atoms with van der Waals surface area (Å²) in [5.74, 6) is -2.02. The van der Waals surface area contributed by atoms with Crippen molar-refractivity contribution in [2.75, 3.05) is 10.6 Å². The number of aryl methyl sites for hydroxylation is 2. The van der Waals surface area contributed by atoms with Crippen molar-refractivity contribution in [1.82, 2.24) is 9.99 Å². The van der Waals surface area contributed by atoms with Crippen molar-refractivity contribution in [3.63, 3.8) is 0 Å². The fraction of sp³-hybridized carbons (Fsp3) is 0.185. The van der Waals surface area contributed by atoms with Crippen LogP contribution in [-0.4, -0.2) is 28.0 Å². The fourth-order valence-corrected chi connectivity index (χ4v) is 4.04. The lowest BCUT2D eigenvalue weighted by Gasteiger charge is -2.08. The van der Waals surface area contributed by atoms with Gasteiger partial charge in [-0.15, -0.1) is 0 Å². The molecule has 3 amide bonds. The number of fused-ring (bicyclic) bond motifs is 3. The summed E-state index contributed by atoms with van der Waals surface area (Å²) < 4.78 is 2.24. The van der Waals surface area contributed by atoms with E-state index < -0.39 is 11.8 Å². The van der Waals surface area contributed by atoms with Crippen LogP contribution in [0, 0.1) is 6.92 Å². The molecule has 8 heteroatoms. The largest absolute Gasteiger partial charge is 0.341 e. The van der Waals surface area contributed by atoms with Gasteiger partial charge in [0.1, 0.15) is 0 Å². The van der Waals surface area contributed by atoms with Gasteiger partial charge in [-0.2, -0.15) is 5.10 Å². The van der Waals surface area contributed by atoms with Crippen molar-refractivity contribution in [1.29, 1.82) is 0 Å². The van der Waals surface area contributed by atoms with Crippen LogP contribution in [0.2, 0.25) is 0 Å². The number of rotatable bonds is 6. The van der Waals surface area contributed by atoms with E-state index in [1.807, 2.05) is 49.4 Å². The lowest BCUT2D eigenvalue weighted by atomic mass is 10.1. The van der Waals surface area contributed by atoms with Gasteiger partial charge in [-0.05, 0) is 56.7 Å². The number of anilines is 2. The normalized spacial score (nSPS) is 11.5. The highest BCUT2D eigenvalue weighted by atomic mass is 16.2. The Morgan fingerprint density at radius 3 is 2.34 bits per heavy atom. The molecule has 0 aliphatic rings. The number of amides is 3. The number of hydrogen-bond acceptors (Lipinski definition) is 4. The molecule has 0 saturated carbocycles. The first kappa shape index (κ1) is 23.7. The molecule has 3 aromatic carbocycles. The summed E-state index contributed by atoms with van der Waals surface area (Å²) in [7, 11) is 0. The minimum absolute atomic E-state index is 0.0333. The Hall–Kier alpha value is -4.46. The van der Waals surface area contributed by atoms with E-state index in [2.05, 4.69) is 44.8 Å². The van der Waals surface area contributed by atoms with Crippen molar-refractivity contribution in [3.05, 3.63) is 72.3 Å². The van der Waals surface area contributed by atoms with E-state index in [0.29, 0.717) is 17.1 Å². The second-order valence-electron chi connectivity index (χ2n) is 8.28. The zero-order valence-corrected chi connectivity index (χ0v) is 19.9. The Bertz CT molecular complexity index is 1470. The van der Waals surface area contributed by atoms with Gasteiger partial charge in [-0.1, -0.05) is 36.4 Å². The molecular formula is C27H27N5O3. The molecule has 1 aromatic heterocycles. The number of carbonyl (C=O) groups excluding carboxylic acids is 3. The number of hydrogen-bond donors (Lipinski definition) is 3. The van der Waals surface area contributed by atoms with Crippen molar-refractivity contribution in [2.45, 2.75) is 33.7 Å². The SMILES string of the molecule is CCn1c2ccccc2c2cc(NC(=O)C/C(C)=N/NC(=O)C(=O)Nc3ccccc3C)ccc21. The molecule has 4 aromatic rings. The highest BCUT2D eigenvalue weighted by Crippen LogP contribution is 2.31. The number of aromatic nitrogens is 1. The summed E-state index contributed by atoms with van der Waals surface area (Å²) >= 11 is 0. The Labute approximate surface area is 203 Å². The molecule has 0 atom stereocenters. The van der Waals surface area contributed by atoms with Crippen LogP contribution in [0.5, 0.6) is 0 Å². The van der Waals surface area contributed by atoms with Gasteiger partial charge in [0.05, 0.1) is 6.42 Å². The zero-order valence-electron chi connectivity index (χ0n) is 19.9. The second-order valence-corrected chi connectivity index (χ2v) is 8.28. The number of nitrogens with one attached hydrogen (secondary N) is 3. The van der Waals surface area contributed by atoms with Crippen molar-refractivity contribution >= 4 is 56.6 Å². The molecule has 0 unspecified atom stereocenters. The third kappa shape index (κ3) is 5.22. The predicted molar refractivity (Wildman–Crippen MR) is 139 cm³/mol. The van der Waals surface area contributed by atoms with E-state index in [1.165, 1.54) is 0 Å². The van der Waals surface area contributed by atoms with Crippen LogP contribution >= 0.6 is 0 Å². The molecule has 178 valence electrons. The lowest BCUT2D eigenvalue weighted by Crippen LogP contribution is -2.33. The minimum atomic E-state index is -0.911. The maximum Gasteiger partial charge on any atom is 0.329 e. The zero-order chi connectivity index (χ0) is 24.9. The summed E-state index contributed by atoms with van der Waals surface area (Å²) in [5.41, 5.74) is 6.88. The highest BCUT2D eigenvalue weighted by Gasteiger charge is 2.15. The first-order valence-electron chi connectivity index (χ1n) is 11.4. The molecule has 0 aliphatic carbocycles. The van der Waals surface area contributed by atoms with Crippen LogP contribution in [0.15, 0.2) is 71.8 Å². The molecule has 0 aliphatic heterocycles. The van der Waals surface area contributed by atoms with E-state index in [-0.39, 0.29) is 12.3 Å². The lowest BCUT2D eigenvalue weighted by molar-refractivity contribution is -0.136. The van der Waals surface area contributed by atoms with Gasteiger partial charge in [0.25, 0.3) is 0 Å². The minimum Gasteiger partial charge on any atom is -0.341 e. The molecule has 0 fully saturated rings. The average molecular weight is 470 g/mol. The predicted octanol–water partition coefficient (Wildman–Crippen LogP) is 4.58. The van der Waals surface area contributed by atoms with Gasteiger partial charge in [0, 0.05) is 45.4 Å². The van der Waals surface area contributed by atoms with E-state index in [0.717, 1.165) is 33.9 Å². The average Bonchev–Trinajstić information content (AvgIpc) is 3.16.